The summed E-state index contributed by atoms with van der Waals surface area (Å²) >= 11 is 0. The largest absolute Gasteiger partial charge is 0.504 e. The van der Waals surface area contributed by atoms with Crippen LogP contribution in [0.15, 0.2) is 29.3 Å². The van der Waals surface area contributed by atoms with Crippen molar-refractivity contribution < 1.29 is 10.2 Å². The van der Waals surface area contributed by atoms with Crippen LogP contribution in [0.1, 0.15) is 12.0 Å². The minimum absolute atomic E-state index is 0.0472. The first-order valence-electron chi connectivity index (χ1n) is 4.47. The van der Waals surface area contributed by atoms with E-state index in [1.165, 1.54) is 6.07 Å². The number of benzene rings is 1. The van der Waals surface area contributed by atoms with E-state index in [-0.39, 0.29) is 11.5 Å². The van der Waals surface area contributed by atoms with Crippen LogP contribution in [0.4, 0.5) is 0 Å². The first-order chi connectivity index (χ1) is 6.79. The molecule has 0 aliphatic carbocycles. The highest BCUT2D eigenvalue weighted by molar-refractivity contribution is 5.84. The molecule has 0 spiro atoms. The lowest BCUT2D eigenvalue weighted by molar-refractivity contribution is 0.402. The topological polar surface area (TPSA) is 52.8 Å². The molecule has 1 heterocycles. The zero-order valence-corrected chi connectivity index (χ0v) is 7.64. The van der Waals surface area contributed by atoms with Crippen LogP contribution < -0.4 is 0 Å². The SMILES string of the molecule is Oc1cccc(C2=CCN=CC2)c1O. The second kappa shape index (κ2) is 3.54. The Morgan fingerprint density at radius 3 is 2.79 bits per heavy atom. The molecule has 0 aromatic heterocycles. The maximum atomic E-state index is 9.61. The summed E-state index contributed by atoms with van der Waals surface area (Å²) < 4.78 is 0. The maximum Gasteiger partial charge on any atom is 0.165 e. The molecule has 0 radical (unpaired) electrons. The zero-order valence-electron chi connectivity index (χ0n) is 7.64. The van der Waals surface area contributed by atoms with Gasteiger partial charge in [0, 0.05) is 18.2 Å². The molecule has 0 fully saturated rings. The van der Waals surface area contributed by atoms with Crippen molar-refractivity contribution in [2.75, 3.05) is 6.54 Å². The van der Waals surface area contributed by atoms with Gasteiger partial charge in [-0.05, 0) is 11.6 Å². The van der Waals surface area contributed by atoms with Gasteiger partial charge in [0.15, 0.2) is 11.5 Å². The number of phenolic OH excluding ortho intramolecular Hbond substituents is 2. The molecule has 1 aliphatic heterocycles. The molecule has 2 N–H and O–H groups in total. The molecule has 72 valence electrons. The highest BCUT2D eigenvalue weighted by atomic mass is 16.3. The van der Waals surface area contributed by atoms with Gasteiger partial charge in [-0.15, -0.1) is 0 Å². The molecule has 0 unspecified atom stereocenters. The average Bonchev–Trinajstić information content (AvgIpc) is 2.23. The Morgan fingerprint density at radius 1 is 1.21 bits per heavy atom. The third kappa shape index (κ3) is 1.48. The Balaban J connectivity index is 2.41. The van der Waals surface area contributed by atoms with Gasteiger partial charge in [-0.1, -0.05) is 18.2 Å². The lowest BCUT2D eigenvalue weighted by atomic mass is 10.0. The number of aromatic hydroxyl groups is 2. The van der Waals surface area contributed by atoms with E-state index < -0.39 is 0 Å². The normalized spacial score (nSPS) is 15.3. The summed E-state index contributed by atoms with van der Waals surface area (Å²) in [6.07, 6.45) is 4.48. The highest BCUT2D eigenvalue weighted by Crippen LogP contribution is 2.34. The summed E-state index contributed by atoms with van der Waals surface area (Å²) in [5.74, 6) is -0.125. The van der Waals surface area contributed by atoms with Crippen LogP contribution in [0, 0.1) is 0 Å². The van der Waals surface area contributed by atoms with E-state index >= 15 is 0 Å². The van der Waals surface area contributed by atoms with Crippen molar-refractivity contribution in [1.29, 1.82) is 0 Å². The number of rotatable bonds is 1. The number of hydrogen-bond acceptors (Lipinski definition) is 3. The number of aliphatic imine (C=N–C) groups is 1. The molecule has 1 aliphatic rings. The predicted octanol–water partition coefficient (Wildman–Crippen LogP) is 1.96. The van der Waals surface area contributed by atoms with Crippen LogP contribution >= 0.6 is 0 Å². The quantitative estimate of drug-likeness (QED) is 0.663. The Hall–Kier alpha value is -1.77. The lowest BCUT2D eigenvalue weighted by Crippen LogP contribution is -1.94. The second-order valence-corrected chi connectivity index (χ2v) is 3.15. The average molecular weight is 189 g/mol. The molecular formula is C11H11NO2. The molecule has 0 saturated heterocycles. The Morgan fingerprint density at radius 2 is 2.07 bits per heavy atom. The van der Waals surface area contributed by atoms with Crippen molar-refractivity contribution >= 4 is 11.8 Å². The molecule has 3 heteroatoms. The molecule has 14 heavy (non-hydrogen) atoms. The smallest absolute Gasteiger partial charge is 0.165 e. The fourth-order valence-corrected chi connectivity index (χ4v) is 1.49. The first-order valence-corrected chi connectivity index (χ1v) is 4.47. The van der Waals surface area contributed by atoms with Crippen molar-refractivity contribution in [2.45, 2.75) is 6.42 Å². The van der Waals surface area contributed by atoms with E-state index in [1.807, 2.05) is 12.3 Å². The molecule has 0 saturated carbocycles. The van der Waals surface area contributed by atoms with E-state index in [4.69, 9.17) is 0 Å². The molecular weight excluding hydrogens is 178 g/mol. The summed E-state index contributed by atoms with van der Waals surface area (Å²) in [6.45, 7) is 0.643. The van der Waals surface area contributed by atoms with Crippen LogP contribution in [0.2, 0.25) is 0 Å². The van der Waals surface area contributed by atoms with Gasteiger partial charge < -0.3 is 10.2 Å². The molecule has 2 rings (SSSR count). The van der Waals surface area contributed by atoms with E-state index in [0.717, 1.165) is 5.57 Å². The summed E-state index contributed by atoms with van der Waals surface area (Å²) in [5.41, 5.74) is 1.70. The molecule has 1 aromatic carbocycles. The van der Waals surface area contributed by atoms with Gasteiger partial charge in [0.2, 0.25) is 0 Å². The first kappa shape index (κ1) is 8.81. The van der Waals surface area contributed by atoms with Crippen molar-refractivity contribution in [3.05, 3.63) is 29.8 Å². The number of nitrogens with zero attached hydrogens (tertiary/aromatic N) is 1. The fourth-order valence-electron chi connectivity index (χ4n) is 1.49. The van der Waals surface area contributed by atoms with Gasteiger partial charge in [0.1, 0.15) is 0 Å². The molecule has 1 aromatic rings. The predicted molar refractivity (Wildman–Crippen MR) is 55.7 cm³/mol. The number of dihydropyridines is 1. The molecule has 0 amide bonds. The van der Waals surface area contributed by atoms with Gasteiger partial charge in [-0.25, -0.2) is 0 Å². The van der Waals surface area contributed by atoms with Crippen LogP contribution in [0.5, 0.6) is 11.5 Å². The van der Waals surface area contributed by atoms with E-state index in [1.54, 1.807) is 12.1 Å². The Labute approximate surface area is 82.0 Å². The van der Waals surface area contributed by atoms with Crippen LogP contribution in [-0.2, 0) is 0 Å². The number of hydrogen-bond donors (Lipinski definition) is 2. The third-order valence-corrected chi connectivity index (χ3v) is 2.24. The van der Waals surface area contributed by atoms with Crippen molar-refractivity contribution in [1.82, 2.24) is 0 Å². The van der Waals surface area contributed by atoms with Crippen LogP contribution in [-0.4, -0.2) is 23.0 Å². The second-order valence-electron chi connectivity index (χ2n) is 3.15. The van der Waals surface area contributed by atoms with E-state index in [0.29, 0.717) is 18.5 Å². The molecule has 0 atom stereocenters. The van der Waals surface area contributed by atoms with Crippen LogP contribution in [0.25, 0.3) is 5.57 Å². The number of para-hydroxylation sites is 1. The minimum Gasteiger partial charge on any atom is -0.504 e. The number of phenols is 2. The minimum atomic E-state index is -0.0779. The number of allylic oxidation sites excluding steroid dienone is 1. The third-order valence-electron chi connectivity index (χ3n) is 2.24. The standard InChI is InChI=1S/C11H11NO2/c13-10-3-1-2-9(11(10)14)8-4-6-12-7-5-8/h1-4,7,13-14H,5-6H2. The van der Waals surface area contributed by atoms with Crippen molar-refractivity contribution in [3.8, 4) is 11.5 Å². The summed E-state index contributed by atoms with van der Waals surface area (Å²) in [5, 5.41) is 18.9. The van der Waals surface area contributed by atoms with Crippen molar-refractivity contribution in [3.63, 3.8) is 0 Å². The molecule has 0 bridgehead atoms. The fraction of sp³-hybridized carbons (Fsp3) is 0.182. The van der Waals surface area contributed by atoms with Gasteiger partial charge in [-0.3, -0.25) is 4.99 Å². The Bertz CT molecular complexity index is 408. The Kier molecular flexibility index (Phi) is 2.23. The van der Waals surface area contributed by atoms with Crippen LogP contribution in [0.3, 0.4) is 0 Å². The lowest BCUT2D eigenvalue weighted by Gasteiger charge is -2.10. The maximum absolute atomic E-state index is 9.61. The van der Waals surface area contributed by atoms with Gasteiger partial charge in [0.25, 0.3) is 0 Å². The summed E-state index contributed by atoms with van der Waals surface area (Å²) in [6, 6.07) is 4.98. The van der Waals surface area contributed by atoms with Gasteiger partial charge >= 0.3 is 0 Å². The molecule has 3 nitrogen and oxygen atoms in total. The summed E-state index contributed by atoms with van der Waals surface area (Å²) in [4.78, 5) is 4.06. The monoisotopic (exact) mass is 189 g/mol. The highest BCUT2D eigenvalue weighted by Gasteiger charge is 2.10. The van der Waals surface area contributed by atoms with Crippen molar-refractivity contribution in [2.24, 2.45) is 4.99 Å². The summed E-state index contributed by atoms with van der Waals surface area (Å²) in [7, 11) is 0. The van der Waals surface area contributed by atoms with E-state index in [9.17, 15) is 10.2 Å². The van der Waals surface area contributed by atoms with Gasteiger partial charge in [0.05, 0.1) is 6.54 Å². The van der Waals surface area contributed by atoms with Gasteiger partial charge in [-0.2, -0.15) is 0 Å². The van der Waals surface area contributed by atoms with E-state index in [2.05, 4.69) is 4.99 Å². The zero-order chi connectivity index (χ0) is 9.97.